The summed E-state index contributed by atoms with van der Waals surface area (Å²) in [6.45, 7) is 3.63. The van der Waals surface area contributed by atoms with Crippen LogP contribution in [-0.4, -0.2) is 23.6 Å². The van der Waals surface area contributed by atoms with Crippen molar-refractivity contribution in [1.29, 1.82) is 0 Å². The van der Waals surface area contributed by atoms with Gasteiger partial charge in [0.1, 0.15) is 5.75 Å². The third kappa shape index (κ3) is 5.95. The summed E-state index contributed by atoms with van der Waals surface area (Å²) < 4.78 is 5.10. The number of ether oxygens (including phenoxy) is 1. The summed E-state index contributed by atoms with van der Waals surface area (Å²) in [5.41, 5.74) is 3.15. The fourth-order valence-corrected chi connectivity index (χ4v) is 2.52. The van der Waals surface area contributed by atoms with Gasteiger partial charge in [-0.2, -0.15) is 0 Å². The fraction of sp³-hybridized carbons (Fsp3) is 0.300. The van der Waals surface area contributed by atoms with Crippen LogP contribution in [0.5, 0.6) is 5.75 Å². The second-order valence-corrected chi connectivity index (χ2v) is 5.89. The molecule has 0 fully saturated rings. The van der Waals surface area contributed by atoms with Crippen LogP contribution >= 0.6 is 0 Å². The quantitative estimate of drug-likeness (QED) is 0.773. The topological polar surface area (TPSA) is 75.6 Å². The van der Waals surface area contributed by atoms with Crippen LogP contribution in [0.2, 0.25) is 0 Å². The van der Waals surface area contributed by atoms with Crippen LogP contribution in [0.3, 0.4) is 0 Å². The van der Waals surface area contributed by atoms with E-state index in [1.54, 1.807) is 12.1 Å². The molecule has 0 radical (unpaired) electrons. The third-order valence-electron chi connectivity index (χ3n) is 3.88. The molecule has 1 unspecified atom stereocenters. The fourth-order valence-electron chi connectivity index (χ4n) is 2.52. The van der Waals surface area contributed by atoms with Crippen LogP contribution in [0.4, 0.5) is 0 Å². The molecule has 5 heteroatoms. The Kier molecular flexibility index (Phi) is 6.57. The molecule has 2 N–H and O–H groups in total. The number of nitrogens with one attached hydrogen (secondary N) is 1. The molecular formula is C20H23NO4. The largest absolute Gasteiger partial charge is 0.482 e. The van der Waals surface area contributed by atoms with Gasteiger partial charge in [-0.15, -0.1) is 0 Å². The highest BCUT2D eigenvalue weighted by Crippen LogP contribution is 2.18. The zero-order valence-corrected chi connectivity index (χ0v) is 14.5. The highest BCUT2D eigenvalue weighted by atomic mass is 16.5. The van der Waals surface area contributed by atoms with Crippen molar-refractivity contribution < 1.29 is 19.4 Å². The second kappa shape index (κ2) is 8.87. The summed E-state index contributed by atoms with van der Waals surface area (Å²) in [6.07, 6.45) is 1.29. The van der Waals surface area contributed by atoms with Gasteiger partial charge < -0.3 is 15.2 Å². The zero-order valence-electron chi connectivity index (χ0n) is 14.5. The van der Waals surface area contributed by atoms with Crippen molar-refractivity contribution in [1.82, 2.24) is 5.32 Å². The maximum Gasteiger partial charge on any atom is 0.341 e. The molecule has 0 aromatic heterocycles. The van der Waals surface area contributed by atoms with Crippen molar-refractivity contribution in [2.45, 2.75) is 32.7 Å². The van der Waals surface area contributed by atoms with E-state index in [0.717, 1.165) is 17.5 Å². The molecular weight excluding hydrogens is 318 g/mol. The van der Waals surface area contributed by atoms with Crippen molar-refractivity contribution in [2.24, 2.45) is 0 Å². The highest BCUT2D eigenvalue weighted by Gasteiger charge is 2.11. The molecule has 0 aliphatic rings. The van der Waals surface area contributed by atoms with Crippen LogP contribution in [-0.2, 0) is 22.4 Å². The Labute approximate surface area is 147 Å². The zero-order chi connectivity index (χ0) is 18.2. The second-order valence-electron chi connectivity index (χ2n) is 5.89. The monoisotopic (exact) mass is 341 g/mol. The van der Waals surface area contributed by atoms with E-state index < -0.39 is 5.97 Å². The molecule has 0 saturated carbocycles. The lowest BCUT2D eigenvalue weighted by Gasteiger charge is -2.15. The van der Waals surface area contributed by atoms with Gasteiger partial charge in [0.2, 0.25) is 5.91 Å². The molecule has 0 bridgehead atoms. The van der Waals surface area contributed by atoms with Crippen molar-refractivity contribution >= 4 is 11.9 Å². The Morgan fingerprint density at radius 2 is 1.80 bits per heavy atom. The SMILES string of the molecule is CCc1cccc(CC(=O)NC(C)c2ccc(OCC(=O)O)cc2)c1. The van der Waals surface area contributed by atoms with E-state index in [1.807, 2.05) is 31.2 Å². The van der Waals surface area contributed by atoms with Gasteiger partial charge in [0, 0.05) is 0 Å². The minimum Gasteiger partial charge on any atom is -0.482 e. The van der Waals surface area contributed by atoms with Crippen LogP contribution in [0.1, 0.15) is 36.6 Å². The number of carbonyl (C=O) groups is 2. The summed E-state index contributed by atoms with van der Waals surface area (Å²) in [5.74, 6) is -0.565. The maximum absolute atomic E-state index is 12.2. The molecule has 0 heterocycles. The molecule has 0 aliphatic carbocycles. The van der Waals surface area contributed by atoms with Gasteiger partial charge in [0.15, 0.2) is 6.61 Å². The number of carboxylic acids is 1. The Balaban J connectivity index is 1.90. The minimum absolute atomic E-state index is 0.0352. The van der Waals surface area contributed by atoms with E-state index in [0.29, 0.717) is 12.2 Å². The van der Waals surface area contributed by atoms with Gasteiger partial charge in [-0.25, -0.2) is 4.79 Å². The summed E-state index contributed by atoms with van der Waals surface area (Å²) in [6, 6.07) is 14.9. The minimum atomic E-state index is -1.02. The number of hydrogen-bond acceptors (Lipinski definition) is 3. The standard InChI is InChI=1S/C20H23NO4/c1-3-15-5-4-6-16(11-15)12-19(22)21-14(2)17-7-9-18(10-8-17)25-13-20(23)24/h4-11,14H,3,12-13H2,1-2H3,(H,21,22)(H,23,24). The molecule has 0 spiro atoms. The van der Waals surface area contributed by atoms with Crippen molar-refractivity contribution in [2.75, 3.05) is 6.61 Å². The first-order chi connectivity index (χ1) is 12.0. The van der Waals surface area contributed by atoms with Crippen molar-refractivity contribution in [3.63, 3.8) is 0 Å². The number of benzene rings is 2. The van der Waals surface area contributed by atoms with Gasteiger partial charge in [0.25, 0.3) is 0 Å². The maximum atomic E-state index is 12.2. The number of carbonyl (C=O) groups excluding carboxylic acids is 1. The van der Waals surface area contributed by atoms with Crippen molar-refractivity contribution in [3.05, 3.63) is 65.2 Å². The first-order valence-corrected chi connectivity index (χ1v) is 8.29. The van der Waals surface area contributed by atoms with Crippen LogP contribution in [0, 0.1) is 0 Å². The molecule has 2 rings (SSSR count). The van der Waals surface area contributed by atoms with Gasteiger partial charge >= 0.3 is 5.97 Å². The predicted octanol–water partition coefficient (Wildman–Crippen LogP) is 3.13. The van der Waals surface area contributed by atoms with Crippen molar-refractivity contribution in [3.8, 4) is 5.75 Å². The number of aliphatic carboxylic acids is 1. The number of aryl methyl sites for hydroxylation is 1. The van der Waals surface area contributed by atoms with Crippen LogP contribution < -0.4 is 10.1 Å². The predicted molar refractivity (Wildman–Crippen MR) is 95.7 cm³/mol. The summed E-state index contributed by atoms with van der Waals surface area (Å²) >= 11 is 0. The van der Waals surface area contributed by atoms with Crippen LogP contribution in [0.15, 0.2) is 48.5 Å². The van der Waals surface area contributed by atoms with Gasteiger partial charge in [-0.1, -0.05) is 43.3 Å². The first-order valence-electron chi connectivity index (χ1n) is 8.29. The lowest BCUT2D eigenvalue weighted by molar-refractivity contribution is -0.139. The Hall–Kier alpha value is -2.82. The summed E-state index contributed by atoms with van der Waals surface area (Å²) in [5, 5.41) is 11.6. The first kappa shape index (κ1) is 18.5. The molecule has 132 valence electrons. The number of amides is 1. The molecule has 1 atom stereocenters. The molecule has 0 aliphatic heterocycles. The van der Waals surface area contributed by atoms with Crippen LogP contribution in [0.25, 0.3) is 0 Å². The van der Waals surface area contributed by atoms with E-state index in [4.69, 9.17) is 9.84 Å². The molecule has 25 heavy (non-hydrogen) atoms. The Morgan fingerprint density at radius 1 is 1.12 bits per heavy atom. The van der Waals surface area contributed by atoms with E-state index in [-0.39, 0.29) is 18.6 Å². The lowest BCUT2D eigenvalue weighted by Crippen LogP contribution is -2.28. The summed E-state index contributed by atoms with van der Waals surface area (Å²) in [7, 11) is 0. The summed E-state index contributed by atoms with van der Waals surface area (Å²) in [4.78, 5) is 22.7. The lowest BCUT2D eigenvalue weighted by atomic mass is 10.1. The third-order valence-corrected chi connectivity index (χ3v) is 3.88. The van der Waals surface area contributed by atoms with E-state index in [2.05, 4.69) is 24.4 Å². The molecule has 1 amide bonds. The van der Waals surface area contributed by atoms with E-state index >= 15 is 0 Å². The van der Waals surface area contributed by atoms with E-state index in [1.165, 1.54) is 5.56 Å². The smallest absolute Gasteiger partial charge is 0.341 e. The highest BCUT2D eigenvalue weighted by molar-refractivity contribution is 5.79. The number of carboxylic acid groups (broad SMARTS) is 1. The number of hydrogen-bond donors (Lipinski definition) is 2. The average molecular weight is 341 g/mol. The molecule has 2 aromatic rings. The van der Waals surface area contributed by atoms with Gasteiger partial charge in [-0.3, -0.25) is 4.79 Å². The Bertz CT molecular complexity index is 725. The normalized spacial score (nSPS) is 11.6. The molecule has 2 aromatic carbocycles. The van der Waals surface area contributed by atoms with Gasteiger partial charge in [0.05, 0.1) is 12.5 Å². The average Bonchev–Trinajstić information content (AvgIpc) is 2.60. The molecule has 5 nitrogen and oxygen atoms in total. The van der Waals surface area contributed by atoms with Gasteiger partial charge in [-0.05, 0) is 42.2 Å². The Morgan fingerprint density at radius 3 is 2.44 bits per heavy atom. The number of rotatable bonds is 8. The van der Waals surface area contributed by atoms with E-state index in [9.17, 15) is 9.59 Å². The molecule has 0 saturated heterocycles.